The molecule has 3 rings (SSSR count). The maximum atomic E-state index is 12.5. The first-order chi connectivity index (χ1) is 13.3. The Kier molecular flexibility index (Phi) is 7.04. The lowest BCUT2D eigenvalue weighted by Gasteiger charge is -2.36. The Labute approximate surface area is 161 Å². The molecule has 1 aromatic heterocycles. The van der Waals surface area contributed by atoms with Crippen molar-refractivity contribution in [2.24, 2.45) is 0 Å². The van der Waals surface area contributed by atoms with E-state index >= 15 is 0 Å². The first-order valence-electron chi connectivity index (χ1n) is 9.60. The monoisotopic (exact) mass is 368 g/mol. The van der Waals surface area contributed by atoms with Gasteiger partial charge in [0.2, 0.25) is 0 Å². The van der Waals surface area contributed by atoms with E-state index in [0.717, 1.165) is 56.0 Å². The van der Waals surface area contributed by atoms with Crippen LogP contribution in [0.25, 0.3) is 0 Å². The quantitative estimate of drug-likeness (QED) is 0.763. The molecule has 1 aliphatic heterocycles. The number of piperazine rings is 1. The summed E-state index contributed by atoms with van der Waals surface area (Å²) in [6.45, 7) is 7.06. The molecule has 1 aromatic carbocycles. The lowest BCUT2D eigenvalue weighted by Crippen LogP contribution is -2.51. The van der Waals surface area contributed by atoms with Crippen LogP contribution in [-0.4, -0.2) is 48.7 Å². The van der Waals surface area contributed by atoms with E-state index < -0.39 is 0 Å². The molecule has 2 heterocycles. The second kappa shape index (κ2) is 9.92. The van der Waals surface area contributed by atoms with Gasteiger partial charge in [0.15, 0.2) is 0 Å². The van der Waals surface area contributed by atoms with Crippen LogP contribution in [-0.2, 0) is 17.9 Å². The van der Waals surface area contributed by atoms with Gasteiger partial charge in [-0.15, -0.1) is 0 Å². The Bertz CT molecular complexity index is 715. The molecule has 0 bridgehead atoms. The summed E-state index contributed by atoms with van der Waals surface area (Å²) in [5, 5.41) is 3.06. The first-order valence-corrected chi connectivity index (χ1v) is 9.60. The summed E-state index contributed by atoms with van der Waals surface area (Å²) in [7, 11) is 0. The van der Waals surface area contributed by atoms with Crippen molar-refractivity contribution in [2.45, 2.75) is 26.5 Å². The molecule has 0 saturated carbocycles. The fourth-order valence-corrected chi connectivity index (χ4v) is 3.20. The molecule has 6 nitrogen and oxygen atoms in total. The van der Waals surface area contributed by atoms with Crippen LogP contribution in [0, 0.1) is 0 Å². The van der Waals surface area contributed by atoms with Gasteiger partial charge in [0.05, 0.1) is 6.61 Å². The zero-order chi connectivity index (χ0) is 18.9. The van der Waals surface area contributed by atoms with Crippen LogP contribution < -0.4 is 10.2 Å². The number of anilines is 1. The second-order valence-electron chi connectivity index (χ2n) is 6.66. The Morgan fingerprint density at radius 2 is 1.78 bits per heavy atom. The number of hydrogen-bond acceptors (Lipinski definition) is 4. The van der Waals surface area contributed by atoms with Gasteiger partial charge in [0, 0.05) is 57.4 Å². The average molecular weight is 368 g/mol. The van der Waals surface area contributed by atoms with Gasteiger partial charge in [0.25, 0.3) is 0 Å². The molecule has 2 aromatic rings. The number of nitrogens with zero attached hydrogens (tertiary/aromatic N) is 3. The van der Waals surface area contributed by atoms with Gasteiger partial charge in [-0.1, -0.05) is 31.2 Å². The summed E-state index contributed by atoms with van der Waals surface area (Å²) < 4.78 is 5.65. The van der Waals surface area contributed by atoms with Crippen LogP contribution in [0.4, 0.5) is 10.5 Å². The number of carbonyl (C=O) groups excluding carboxylic acids is 1. The molecule has 1 aliphatic rings. The summed E-state index contributed by atoms with van der Waals surface area (Å²) >= 11 is 0. The topological polar surface area (TPSA) is 57.7 Å². The molecule has 1 saturated heterocycles. The summed E-state index contributed by atoms with van der Waals surface area (Å²) in [5.41, 5.74) is 3.40. The normalized spacial score (nSPS) is 14.3. The van der Waals surface area contributed by atoms with E-state index in [9.17, 15) is 4.79 Å². The standard InChI is InChI=1S/C21H28N4O2/c1-2-15-27-17-19-6-4-3-5-18(19)16-23-21(26)25-13-11-24(12-14-25)20-7-9-22-10-8-20/h3-10H,2,11-17H2,1H3,(H,23,26). The lowest BCUT2D eigenvalue weighted by atomic mass is 10.1. The highest BCUT2D eigenvalue weighted by Gasteiger charge is 2.21. The molecule has 1 fully saturated rings. The Morgan fingerprint density at radius 1 is 1.07 bits per heavy atom. The smallest absolute Gasteiger partial charge is 0.317 e. The van der Waals surface area contributed by atoms with Crippen molar-refractivity contribution in [1.82, 2.24) is 15.2 Å². The lowest BCUT2D eigenvalue weighted by molar-refractivity contribution is 0.121. The average Bonchev–Trinajstić information content (AvgIpc) is 2.74. The number of hydrogen-bond donors (Lipinski definition) is 1. The van der Waals surface area contributed by atoms with Gasteiger partial charge in [-0.2, -0.15) is 0 Å². The maximum absolute atomic E-state index is 12.5. The highest BCUT2D eigenvalue weighted by molar-refractivity contribution is 5.74. The van der Waals surface area contributed by atoms with E-state index in [0.29, 0.717) is 13.2 Å². The van der Waals surface area contributed by atoms with Crippen LogP contribution in [0.1, 0.15) is 24.5 Å². The largest absolute Gasteiger partial charge is 0.377 e. The van der Waals surface area contributed by atoms with Crippen molar-refractivity contribution in [3.8, 4) is 0 Å². The van der Waals surface area contributed by atoms with Gasteiger partial charge in [-0.05, 0) is 29.7 Å². The molecular weight excluding hydrogens is 340 g/mol. The van der Waals surface area contributed by atoms with Crippen molar-refractivity contribution >= 4 is 11.7 Å². The van der Waals surface area contributed by atoms with E-state index in [1.807, 2.05) is 35.2 Å². The molecule has 0 radical (unpaired) electrons. The third kappa shape index (κ3) is 5.44. The highest BCUT2D eigenvalue weighted by Crippen LogP contribution is 2.15. The number of urea groups is 1. The fourth-order valence-electron chi connectivity index (χ4n) is 3.20. The molecule has 6 heteroatoms. The number of aromatic nitrogens is 1. The summed E-state index contributed by atoms with van der Waals surface area (Å²) in [4.78, 5) is 20.8. The molecule has 144 valence electrons. The van der Waals surface area contributed by atoms with Crippen LogP contribution in [0.2, 0.25) is 0 Å². The molecule has 27 heavy (non-hydrogen) atoms. The Morgan fingerprint density at radius 3 is 2.48 bits per heavy atom. The van der Waals surface area contributed by atoms with Crippen molar-refractivity contribution in [3.63, 3.8) is 0 Å². The van der Waals surface area contributed by atoms with Crippen LogP contribution >= 0.6 is 0 Å². The second-order valence-corrected chi connectivity index (χ2v) is 6.66. The van der Waals surface area contributed by atoms with Crippen LogP contribution in [0.3, 0.4) is 0 Å². The third-order valence-electron chi connectivity index (χ3n) is 4.75. The zero-order valence-electron chi connectivity index (χ0n) is 15.9. The molecule has 2 amide bonds. The van der Waals surface area contributed by atoms with E-state index in [2.05, 4.69) is 28.2 Å². The van der Waals surface area contributed by atoms with Crippen LogP contribution in [0.15, 0.2) is 48.8 Å². The fraction of sp³-hybridized carbons (Fsp3) is 0.429. The predicted molar refractivity (Wildman–Crippen MR) is 107 cm³/mol. The predicted octanol–water partition coefficient (Wildman–Crippen LogP) is 3.04. The number of amides is 2. The number of nitrogens with one attached hydrogen (secondary N) is 1. The van der Waals surface area contributed by atoms with E-state index in [-0.39, 0.29) is 6.03 Å². The van der Waals surface area contributed by atoms with Crippen LogP contribution in [0.5, 0.6) is 0 Å². The minimum absolute atomic E-state index is 0.00587. The zero-order valence-corrected chi connectivity index (χ0v) is 15.9. The minimum atomic E-state index is -0.00587. The van der Waals surface area contributed by atoms with E-state index in [4.69, 9.17) is 4.74 Å². The van der Waals surface area contributed by atoms with Crippen molar-refractivity contribution < 1.29 is 9.53 Å². The molecular formula is C21H28N4O2. The summed E-state index contributed by atoms with van der Waals surface area (Å²) in [6, 6.07) is 12.1. The molecule has 1 N–H and O–H groups in total. The number of ether oxygens (including phenoxy) is 1. The molecule has 0 spiro atoms. The summed E-state index contributed by atoms with van der Waals surface area (Å²) in [5.74, 6) is 0. The summed E-state index contributed by atoms with van der Waals surface area (Å²) in [6.07, 6.45) is 4.61. The van der Waals surface area contributed by atoms with Crippen molar-refractivity contribution in [1.29, 1.82) is 0 Å². The Hall–Kier alpha value is -2.60. The van der Waals surface area contributed by atoms with Crippen molar-refractivity contribution in [3.05, 3.63) is 59.9 Å². The maximum Gasteiger partial charge on any atom is 0.317 e. The van der Waals surface area contributed by atoms with Gasteiger partial charge in [-0.25, -0.2) is 4.79 Å². The number of benzene rings is 1. The highest BCUT2D eigenvalue weighted by atomic mass is 16.5. The molecule has 0 unspecified atom stereocenters. The number of rotatable bonds is 7. The number of pyridine rings is 1. The van der Waals surface area contributed by atoms with Crippen molar-refractivity contribution in [2.75, 3.05) is 37.7 Å². The van der Waals surface area contributed by atoms with Gasteiger partial charge < -0.3 is 19.9 Å². The SMILES string of the molecule is CCCOCc1ccccc1CNC(=O)N1CCN(c2ccncc2)CC1. The minimum Gasteiger partial charge on any atom is -0.377 e. The molecule has 0 atom stereocenters. The molecule has 0 aliphatic carbocycles. The van der Waals surface area contributed by atoms with E-state index in [1.165, 1.54) is 0 Å². The van der Waals surface area contributed by atoms with Gasteiger partial charge >= 0.3 is 6.03 Å². The number of carbonyl (C=O) groups is 1. The van der Waals surface area contributed by atoms with E-state index in [1.54, 1.807) is 12.4 Å². The first kappa shape index (κ1) is 19.2. The van der Waals surface area contributed by atoms with Gasteiger partial charge in [-0.3, -0.25) is 4.98 Å². The third-order valence-corrected chi connectivity index (χ3v) is 4.75. The Balaban J connectivity index is 1.48. The van der Waals surface area contributed by atoms with Gasteiger partial charge in [0.1, 0.15) is 0 Å².